The number of aryl methyl sites for hydroxylation is 1. The van der Waals surface area contributed by atoms with Gasteiger partial charge in [-0.3, -0.25) is 9.59 Å². The first kappa shape index (κ1) is 17.3. The minimum absolute atomic E-state index is 0.0719. The number of hydrogen-bond acceptors (Lipinski definition) is 4. The Morgan fingerprint density at radius 3 is 2.39 bits per heavy atom. The van der Waals surface area contributed by atoms with Crippen molar-refractivity contribution in [3.63, 3.8) is 0 Å². The van der Waals surface area contributed by atoms with E-state index >= 15 is 0 Å². The van der Waals surface area contributed by atoms with E-state index in [0.717, 1.165) is 12.2 Å². The van der Waals surface area contributed by atoms with Gasteiger partial charge in [0.15, 0.2) is 0 Å². The maximum atomic E-state index is 12.2. The number of amides is 1. The number of methoxy groups -OCH3 is 1. The second-order valence-electron chi connectivity index (χ2n) is 5.77. The molecule has 1 aromatic rings. The van der Waals surface area contributed by atoms with Gasteiger partial charge >= 0.3 is 5.97 Å². The van der Waals surface area contributed by atoms with E-state index < -0.39 is 0 Å². The maximum Gasteiger partial charge on any atom is 0.308 e. The SMILES string of the molecule is CCc1ccc(OCCC(=O)N2CCC(C(=O)OC)CC2)cc1. The Hall–Kier alpha value is -2.04. The third kappa shape index (κ3) is 4.98. The summed E-state index contributed by atoms with van der Waals surface area (Å²) in [6.07, 6.45) is 2.72. The number of rotatable bonds is 6. The van der Waals surface area contributed by atoms with Crippen molar-refractivity contribution in [2.75, 3.05) is 26.8 Å². The molecule has 1 saturated heterocycles. The van der Waals surface area contributed by atoms with Crippen LogP contribution in [-0.2, 0) is 20.7 Å². The molecule has 1 aliphatic heterocycles. The topological polar surface area (TPSA) is 55.8 Å². The van der Waals surface area contributed by atoms with Crippen molar-refractivity contribution in [1.82, 2.24) is 4.90 Å². The molecular weight excluding hydrogens is 294 g/mol. The normalized spacial score (nSPS) is 15.3. The monoisotopic (exact) mass is 319 g/mol. The van der Waals surface area contributed by atoms with Gasteiger partial charge < -0.3 is 14.4 Å². The highest BCUT2D eigenvalue weighted by Crippen LogP contribution is 2.19. The number of esters is 1. The van der Waals surface area contributed by atoms with Crippen LogP contribution in [0.25, 0.3) is 0 Å². The highest BCUT2D eigenvalue weighted by molar-refractivity contribution is 5.77. The van der Waals surface area contributed by atoms with E-state index in [-0.39, 0.29) is 17.8 Å². The van der Waals surface area contributed by atoms with Crippen LogP contribution in [-0.4, -0.2) is 43.6 Å². The molecule has 1 amide bonds. The van der Waals surface area contributed by atoms with E-state index in [9.17, 15) is 9.59 Å². The van der Waals surface area contributed by atoms with E-state index in [1.807, 2.05) is 29.2 Å². The van der Waals surface area contributed by atoms with Crippen LogP contribution < -0.4 is 4.74 Å². The molecule has 1 heterocycles. The molecule has 1 fully saturated rings. The summed E-state index contributed by atoms with van der Waals surface area (Å²) < 4.78 is 10.4. The third-order valence-electron chi connectivity index (χ3n) is 4.30. The lowest BCUT2D eigenvalue weighted by Crippen LogP contribution is -2.40. The Balaban J connectivity index is 1.70. The molecule has 0 saturated carbocycles. The van der Waals surface area contributed by atoms with Gasteiger partial charge in [-0.1, -0.05) is 19.1 Å². The first-order valence-corrected chi connectivity index (χ1v) is 8.21. The molecule has 0 unspecified atom stereocenters. The van der Waals surface area contributed by atoms with Gasteiger partial charge in [0, 0.05) is 13.1 Å². The van der Waals surface area contributed by atoms with Crippen molar-refractivity contribution < 1.29 is 19.1 Å². The molecule has 0 bridgehead atoms. The van der Waals surface area contributed by atoms with Crippen LogP contribution in [0.2, 0.25) is 0 Å². The Bertz CT molecular complexity index is 518. The van der Waals surface area contributed by atoms with Crippen molar-refractivity contribution in [2.24, 2.45) is 5.92 Å². The molecule has 0 N–H and O–H groups in total. The number of hydrogen-bond donors (Lipinski definition) is 0. The van der Waals surface area contributed by atoms with Gasteiger partial charge in [0.05, 0.1) is 26.1 Å². The van der Waals surface area contributed by atoms with E-state index in [0.29, 0.717) is 39.0 Å². The Labute approximate surface area is 137 Å². The third-order valence-corrected chi connectivity index (χ3v) is 4.30. The summed E-state index contributed by atoms with van der Waals surface area (Å²) in [5.74, 6) is 0.631. The number of carbonyl (C=O) groups is 2. The first-order valence-electron chi connectivity index (χ1n) is 8.21. The Morgan fingerprint density at radius 2 is 1.83 bits per heavy atom. The molecule has 23 heavy (non-hydrogen) atoms. The minimum Gasteiger partial charge on any atom is -0.493 e. The van der Waals surface area contributed by atoms with E-state index in [1.165, 1.54) is 12.7 Å². The lowest BCUT2D eigenvalue weighted by atomic mass is 9.97. The van der Waals surface area contributed by atoms with Gasteiger partial charge in [-0.05, 0) is 37.0 Å². The molecule has 5 nitrogen and oxygen atoms in total. The van der Waals surface area contributed by atoms with Crippen LogP contribution in [0.15, 0.2) is 24.3 Å². The van der Waals surface area contributed by atoms with Gasteiger partial charge in [-0.25, -0.2) is 0 Å². The highest BCUT2D eigenvalue weighted by atomic mass is 16.5. The fourth-order valence-corrected chi connectivity index (χ4v) is 2.77. The minimum atomic E-state index is -0.170. The molecule has 5 heteroatoms. The van der Waals surface area contributed by atoms with Crippen LogP contribution in [0, 0.1) is 5.92 Å². The summed E-state index contributed by atoms with van der Waals surface area (Å²) in [6.45, 7) is 3.72. The van der Waals surface area contributed by atoms with E-state index in [1.54, 1.807) is 0 Å². The average molecular weight is 319 g/mol. The molecule has 126 valence electrons. The summed E-state index contributed by atoms with van der Waals surface area (Å²) in [4.78, 5) is 25.4. The number of ether oxygens (including phenoxy) is 2. The zero-order chi connectivity index (χ0) is 16.7. The van der Waals surface area contributed by atoms with Crippen LogP contribution in [0.4, 0.5) is 0 Å². The van der Waals surface area contributed by atoms with Gasteiger partial charge in [0.1, 0.15) is 5.75 Å². The molecule has 0 aliphatic carbocycles. The molecule has 0 atom stereocenters. The lowest BCUT2D eigenvalue weighted by molar-refractivity contribution is -0.149. The lowest BCUT2D eigenvalue weighted by Gasteiger charge is -2.30. The van der Waals surface area contributed by atoms with Crippen LogP contribution in [0.5, 0.6) is 5.75 Å². The quantitative estimate of drug-likeness (QED) is 0.756. The molecular formula is C18H25NO4. The second-order valence-corrected chi connectivity index (χ2v) is 5.77. The van der Waals surface area contributed by atoms with Crippen molar-refractivity contribution in [3.05, 3.63) is 29.8 Å². The van der Waals surface area contributed by atoms with Gasteiger partial charge in [0.25, 0.3) is 0 Å². The molecule has 1 aliphatic rings. The predicted molar refractivity (Wildman–Crippen MR) is 87.3 cm³/mol. The van der Waals surface area contributed by atoms with Crippen molar-refractivity contribution in [3.8, 4) is 5.75 Å². The number of benzene rings is 1. The zero-order valence-corrected chi connectivity index (χ0v) is 13.9. The van der Waals surface area contributed by atoms with Crippen molar-refractivity contribution in [2.45, 2.75) is 32.6 Å². The smallest absolute Gasteiger partial charge is 0.308 e. The standard InChI is InChI=1S/C18H25NO4/c1-3-14-4-6-16(7-5-14)23-13-10-17(20)19-11-8-15(9-12-19)18(21)22-2/h4-7,15H,3,8-13H2,1-2H3. The summed E-state index contributed by atoms with van der Waals surface area (Å²) in [5, 5.41) is 0. The maximum absolute atomic E-state index is 12.2. The number of likely N-dealkylation sites (tertiary alicyclic amines) is 1. The molecule has 0 spiro atoms. The Kier molecular flexibility index (Phi) is 6.44. The molecule has 0 aromatic heterocycles. The van der Waals surface area contributed by atoms with E-state index in [2.05, 4.69) is 6.92 Å². The zero-order valence-electron chi connectivity index (χ0n) is 13.9. The highest BCUT2D eigenvalue weighted by Gasteiger charge is 2.27. The summed E-state index contributed by atoms with van der Waals surface area (Å²) in [7, 11) is 1.41. The summed E-state index contributed by atoms with van der Waals surface area (Å²) in [5.41, 5.74) is 1.27. The van der Waals surface area contributed by atoms with Gasteiger partial charge in [-0.2, -0.15) is 0 Å². The summed E-state index contributed by atoms with van der Waals surface area (Å²) >= 11 is 0. The molecule has 2 rings (SSSR count). The van der Waals surface area contributed by atoms with Crippen molar-refractivity contribution >= 4 is 11.9 Å². The second kappa shape index (κ2) is 8.56. The molecule has 1 aromatic carbocycles. The van der Waals surface area contributed by atoms with Crippen LogP contribution >= 0.6 is 0 Å². The first-order chi connectivity index (χ1) is 11.1. The summed E-state index contributed by atoms with van der Waals surface area (Å²) in [6, 6.07) is 7.94. The van der Waals surface area contributed by atoms with Crippen LogP contribution in [0.1, 0.15) is 31.7 Å². The largest absolute Gasteiger partial charge is 0.493 e. The van der Waals surface area contributed by atoms with Gasteiger partial charge in [-0.15, -0.1) is 0 Å². The van der Waals surface area contributed by atoms with Crippen LogP contribution in [0.3, 0.4) is 0 Å². The fraction of sp³-hybridized carbons (Fsp3) is 0.556. The van der Waals surface area contributed by atoms with Gasteiger partial charge in [0.2, 0.25) is 5.91 Å². The van der Waals surface area contributed by atoms with Crippen molar-refractivity contribution in [1.29, 1.82) is 0 Å². The fourth-order valence-electron chi connectivity index (χ4n) is 2.77. The number of piperidine rings is 1. The number of carbonyl (C=O) groups excluding carboxylic acids is 2. The Morgan fingerprint density at radius 1 is 1.17 bits per heavy atom. The average Bonchev–Trinajstić information content (AvgIpc) is 2.61. The predicted octanol–water partition coefficient (Wildman–Crippen LogP) is 2.43. The molecule has 0 radical (unpaired) electrons. The van der Waals surface area contributed by atoms with E-state index in [4.69, 9.17) is 9.47 Å². The number of nitrogens with zero attached hydrogens (tertiary/aromatic N) is 1.